The van der Waals surface area contributed by atoms with Crippen LogP contribution in [0.15, 0.2) is 54.4 Å². The fourth-order valence-electron chi connectivity index (χ4n) is 3.53. The highest BCUT2D eigenvalue weighted by Gasteiger charge is 2.33. The lowest BCUT2D eigenvalue weighted by atomic mass is 10.0. The second-order valence-corrected chi connectivity index (χ2v) is 8.55. The first-order valence-electron chi connectivity index (χ1n) is 10.2. The summed E-state index contributed by atoms with van der Waals surface area (Å²) in [6, 6.07) is 11.2. The van der Waals surface area contributed by atoms with Crippen LogP contribution in [0.4, 0.5) is 4.79 Å². The molecule has 6 nitrogen and oxygen atoms in total. The fourth-order valence-corrected chi connectivity index (χ4v) is 4.46. The molecule has 1 aromatic carbocycles. The lowest BCUT2D eigenvalue weighted by Gasteiger charge is -2.37. The molecule has 1 unspecified atom stereocenters. The summed E-state index contributed by atoms with van der Waals surface area (Å²) >= 11 is 1.72. The van der Waals surface area contributed by atoms with Crippen molar-refractivity contribution in [1.29, 1.82) is 0 Å². The predicted molar refractivity (Wildman–Crippen MR) is 120 cm³/mol. The van der Waals surface area contributed by atoms with Gasteiger partial charge in [0.05, 0.1) is 6.04 Å². The molecule has 2 aromatic rings. The van der Waals surface area contributed by atoms with Crippen LogP contribution in [0, 0.1) is 0 Å². The molecule has 0 fully saturated rings. The Morgan fingerprint density at radius 3 is 2.80 bits per heavy atom. The van der Waals surface area contributed by atoms with Gasteiger partial charge in [0, 0.05) is 24.0 Å². The number of para-hydroxylation sites is 1. The number of nitrogens with zero attached hydrogens (tertiary/aromatic N) is 2. The maximum absolute atomic E-state index is 13.2. The Bertz CT molecular complexity index is 866. The van der Waals surface area contributed by atoms with Crippen molar-refractivity contribution in [3.63, 3.8) is 0 Å². The van der Waals surface area contributed by atoms with E-state index in [-0.39, 0.29) is 30.6 Å². The predicted octanol–water partition coefficient (Wildman–Crippen LogP) is 3.86. The van der Waals surface area contributed by atoms with Gasteiger partial charge in [-0.15, -0.1) is 17.9 Å². The van der Waals surface area contributed by atoms with E-state index in [1.165, 1.54) is 9.78 Å². The van der Waals surface area contributed by atoms with Crippen molar-refractivity contribution < 1.29 is 14.3 Å². The van der Waals surface area contributed by atoms with Crippen LogP contribution in [0.2, 0.25) is 0 Å². The number of thiophene rings is 1. The number of amides is 3. The number of nitrogens with one attached hydrogen (secondary N) is 1. The van der Waals surface area contributed by atoms with Crippen molar-refractivity contribution in [2.75, 3.05) is 26.2 Å². The van der Waals surface area contributed by atoms with E-state index in [0.717, 1.165) is 17.7 Å². The van der Waals surface area contributed by atoms with Gasteiger partial charge >= 0.3 is 6.03 Å². The first kappa shape index (κ1) is 21.9. The monoisotopic (exact) mass is 427 g/mol. The van der Waals surface area contributed by atoms with Gasteiger partial charge in [-0.1, -0.05) is 24.3 Å². The standard InChI is InChI=1S/C23H29N3O3S/c1-4-12-25(23(28)24-17(2)3)15-22(27)26-13-10-21-19(11-14-30-21)20(26)16-29-18-8-6-5-7-9-18/h4-9,11,14,17,20H,1,10,12-13,15-16H2,2-3H3,(H,24,28). The molecule has 0 spiro atoms. The normalized spacial score (nSPS) is 15.4. The van der Waals surface area contributed by atoms with E-state index >= 15 is 0 Å². The molecular weight excluding hydrogens is 398 g/mol. The van der Waals surface area contributed by atoms with Crippen LogP contribution in [0.25, 0.3) is 0 Å². The third-order valence-electron chi connectivity index (χ3n) is 4.94. The molecule has 30 heavy (non-hydrogen) atoms. The smallest absolute Gasteiger partial charge is 0.318 e. The fraction of sp³-hybridized carbons (Fsp3) is 0.391. The number of ether oxygens (including phenoxy) is 1. The molecule has 1 atom stereocenters. The van der Waals surface area contributed by atoms with Crippen molar-refractivity contribution in [2.24, 2.45) is 0 Å². The summed E-state index contributed by atoms with van der Waals surface area (Å²) < 4.78 is 6.01. The SMILES string of the molecule is C=CCN(CC(=O)N1CCc2sccc2C1COc1ccccc1)C(=O)NC(C)C. The summed E-state index contributed by atoms with van der Waals surface area (Å²) in [5.74, 6) is 0.686. The van der Waals surface area contributed by atoms with Gasteiger partial charge in [0.15, 0.2) is 0 Å². The van der Waals surface area contributed by atoms with E-state index in [2.05, 4.69) is 23.3 Å². The van der Waals surface area contributed by atoms with E-state index in [1.54, 1.807) is 17.4 Å². The molecule has 1 aromatic heterocycles. The molecule has 1 aliphatic rings. The van der Waals surface area contributed by atoms with E-state index in [4.69, 9.17) is 4.74 Å². The highest BCUT2D eigenvalue weighted by molar-refractivity contribution is 7.10. The Kier molecular flexibility index (Phi) is 7.52. The molecule has 160 valence electrons. The van der Waals surface area contributed by atoms with E-state index in [9.17, 15) is 9.59 Å². The summed E-state index contributed by atoms with van der Waals surface area (Å²) in [4.78, 5) is 30.4. The molecule has 1 N–H and O–H groups in total. The van der Waals surface area contributed by atoms with Crippen LogP contribution in [0.5, 0.6) is 5.75 Å². The zero-order valence-corrected chi connectivity index (χ0v) is 18.4. The average Bonchev–Trinajstić information content (AvgIpc) is 3.21. The van der Waals surface area contributed by atoms with Crippen LogP contribution >= 0.6 is 11.3 Å². The average molecular weight is 428 g/mol. The Labute approximate surface area is 182 Å². The summed E-state index contributed by atoms with van der Waals surface area (Å²) in [6.07, 6.45) is 2.45. The molecule has 0 bridgehead atoms. The van der Waals surface area contributed by atoms with Crippen LogP contribution in [-0.4, -0.2) is 54.0 Å². The Hall–Kier alpha value is -2.80. The van der Waals surface area contributed by atoms with Crippen molar-refractivity contribution in [3.05, 3.63) is 64.9 Å². The first-order valence-corrected chi connectivity index (χ1v) is 11.1. The quantitative estimate of drug-likeness (QED) is 0.651. The van der Waals surface area contributed by atoms with Gasteiger partial charge in [0.25, 0.3) is 0 Å². The molecule has 2 heterocycles. The number of fused-ring (bicyclic) bond motifs is 1. The van der Waals surface area contributed by atoms with Gasteiger partial charge in [-0.25, -0.2) is 4.79 Å². The van der Waals surface area contributed by atoms with Gasteiger partial charge < -0.3 is 19.9 Å². The highest BCUT2D eigenvalue weighted by atomic mass is 32.1. The number of carbonyl (C=O) groups is 2. The lowest BCUT2D eigenvalue weighted by Crippen LogP contribution is -2.50. The third kappa shape index (κ3) is 5.42. The first-order chi connectivity index (χ1) is 14.5. The lowest BCUT2D eigenvalue weighted by molar-refractivity contribution is -0.135. The number of urea groups is 1. The Balaban J connectivity index is 1.74. The van der Waals surface area contributed by atoms with Crippen molar-refractivity contribution >= 4 is 23.3 Å². The number of benzene rings is 1. The minimum absolute atomic E-state index is 0.00436. The van der Waals surface area contributed by atoms with E-state index in [0.29, 0.717) is 19.7 Å². The van der Waals surface area contributed by atoms with E-state index in [1.807, 2.05) is 49.1 Å². The van der Waals surface area contributed by atoms with E-state index < -0.39 is 0 Å². The van der Waals surface area contributed by atoms with Crippen LogP contribution in [0.3, 0.4) is 0 Å². The number of hydrogen-bond acceptors (Lipinski definition) is 4. The van der Waals surface area contributed by atoms with Gasteiger partial charge in [-0.3, -0.25) is 4.79 Å². The Morgan fingerprint density at radius 1 is 1.33 bits per heavy atom. The summed E-state index contributed by atoms with van der Waals surface area (Å²) in [6.45, 7) is 8.81. The van der Waals surface area contributed by atoms with Crippen LogP contribution < -0.4 is 10.1 Å². The van der Waals surface area contributed by atoms with Crippen molar-refractivity contribution in [3.8, 4) is 5.75 Å². The topological polar surface area (TPSA) is 61.9 Å². The van der Waals surface area contributed by atoms with Gasteiger partial charge in [0.2, 0.25) is 5.91 Å². The Morgan fingerprint density at radius 2 is 2.10 bits per heavy atom. The molecule has 7 heteroatoms. The zero-order valence-electron chi connectivity index (χ0n) is 17.5. The summed E-state index contributed by atoms with van der Waals surface area (Å²) in [5.41, 5.74) is 1.14. The van der Waals surface area contributed by atoms with Gasteiger partial charge in [-0.05, 0) is 49.4 Å². The highest BCUT2D eigenvalue weighted by Crippen LogP contribution is 2.34. The van der Waals surface area contributed by atoms with Gasteiger partial charge in [0.1, 0.15) is 18.9 Å². The number of rotatable bonds is 8. The minimum Gasteiger partial charge on any atom is -0.491 e. The molecule has 0 saturated heterocycles. The number of hydrogen-bond donors (Lipinski definition) is 1. The number of carbonyl (C=O) groups excluding carboxylic acids is 2. The molecule has 0 radical (unpaired) electrons. The second-order valence-electron chi connectivity index (χ2n) is 7.55. The maximum atomic E-state index is 13.2. The largest absolute Gasteiger partial charge is 0.491 e. The summed E-state index contributed by atoms with van der Waals surface area (Å²) in [7, 11) is 0. The third-order valence-corrected chi connectivity index (χ3v) is 5.94. The molecule has 0 aliphatic carbocycles. The van der Waals surface area contributed by atoms with Crippen molar-refractivity contribution in [2.45, 2.75) is 32.4 Å². The zero-order chi connectivity index (χ0) is 21.5. The summed E-state index contributed by atoms with van der Waals surface area (Å²) in [5, 5.41) is 4.91. The minimum atomic E-state index is -0.261. The molecular formula is C23H29N3O3S. The van der Waals surface area contributed by atoms with Gasteiger partial charge in [-0.2, -0.15) is 0 Å². The molecule has 0 saturated carbocycles. The van der Waals surface area contributed by atoms with Crippen LogP contribution in [0.1, 0.15) is 30.3 Å². The molecule has 3 amide bonds. The molecule has 3 rings (SSSR count). The molecule has 1 aliphatic heterocycles. The second kappa shape index (κ2) is 10.3. The maximum Gasteiger partial charge on any atom is 0.318 e. The van der Waals surface area contributed by atoms with Crippen LogP contribution in [-0.2, 0) is 11.2 Å². The van der Waals surface area contributed by atoms with Crippen molar-refractivity contribution in [1.82, 2.24) is 15.1 Å².